The Kier molecular flexibility index (Phi) is 4.81. The largest absolute Gasteiger partial charge is 0.346 e. The fourth-order valence-electron chi connectivity index (χ4n) is 1.66. The molecule has 1 atom stereocenters. The van der Waals surface area contributed by atoms with Crippen LogP contribution in [0.2, 0.25) is 0 Å². The number of halogens is 2. The number of carbonyl (C=O) groups excluding carboxylic acids is 1. The monoisotopic (exact) mass is 310 g/mol. The van der Waals surface area contributed by atoms with Crippen LogP contribution in [0.15, 0.2) is 22.7 Å². The van der Waals surface area contributed by atoms with Crippen LogP contribution in [0.25, 0.3) is 11.4 Å². The summed E-state index contributed by atoms with van der Waals surface area (Å²) in [4.78, 5) is 15.7. The molecule has 3 N–H and O–H groups in total. The van der Waals surface area contributed by atoms with Gasteiger partial charge in [0.1, 0.15) is 0 Å². The molecule has 118 valence electrons. The second-order valence-electron chi connectivity index (χ2n) is 5.13. The third-order valence-electron chi connectivity index (χ3n) is 3.08. The lowest BCUT2D eigenvalue weighted by Crippen LogP contribution is -2.43. The van der Waals surface area contributed by atoms with Crippen LogP contribution in [-0.2, 0) is 11.3 Å². The van der Waals surface area contributed by atoms with Gasteiger partial charge in [-0.15, -0.1) is 0 Å². The fraction of sp³-hybridized carbons (Fsp3) is 0.357. The minimum atomic E-state index is -1.000. The standard InChI is InChI=1S/C14H16F2N4O2/c1-7(2)12(17)14(21)18-6-11-19-13(20-22-11)8-3-4-9(15)10(16)5-8/h3-5,7,12H,6,17H2,1-2H3,(H,18,21)/t12-/m0/s1. The van der Waals surface area contributed by atoms with Gasteiger partial charge in [-0.2, -0.15) is 4.98 Å². The minimum absolute atomic E-state index is 0.000404. The number of benzene rings is 1. The van der Waals surface area contributed by atoms with E-state index in [-0.39, 0.29) is 35.6 Å². The van der Waals surface area contributed by atoms with E-state index in [0.717, 1.165) is 12.1 Å². The van der Waals surface area contributed by atoms with Gasteiger partial charge in [0.25, 0.3) is 0 Å². The van der Waals surface area contributed by atoms with Crippen LogP contribution in [0.5, 0.6) is 0 Å². The van der Waals surface area contributed by atoms with Gasteiger partial charge in [-0.3, -0.25) is 4.79 Å². The molecule has 8 heteroatoms. The van der Waals surface area contributed by atoms with Crippen LogP contribution in [-0.4, -0.2) is 22.1 Å². The number of hydrogen-bond donors (Lipinski definition) is 2. The third-order valence-corrected chi connectivity index (χ3v) is 3.08. The van der Waals surface area contributed by atoms with E-state index in [4.69, 9.17) is 10.3 Å². The van der Waals surface area contributed by atoms with Crippen molar-refractivity contribution in [2.45, 2.75) is 26.4 Å². The van der Waals surface area contributed by atoms with Gasteiger partial charge in [-0.1, -0.05) is 19.0 Å². The minimum Gasteiger partial charge on any atom is -0.346 e. The quantitative estimate of drug-likeness (QED) is 0.875. The van der Waals surface area contributed by atoms with Crippen molar-refractivity contribution in [3.63, 3.8) is 0 Å². The van der Waals surface area contributed by atoms with Gasteiger partial charge in [-0.05, 0) is 24.1 Å². The van der Waals surface area contributed by atoms with E-state index < -0.39 is 17.7 Å². The molecule has 6 nitrogen and oxygen atoms in total. The summed E-state index contributed by atoms with van der Waals surface area (Å²) in [5, 5.41) is 6.23. The van der Waals surface area contributed by atoms with E-state index in [0.29, 0.717) is 0 Å². The number of aromatic nitrogens is 2. The third kappa shape index (κ3) is 3.64. The molecule has 0 radical (unpaired) electrons. The van der Waals surface area contributed by atoms with Gasteiger partial charge in [0.15, 0.2) is 11.6 Å². The molecule has 22 heavy (non-hydrogen) atoms. The molecule has 0 unspecified atom stereocenters. The number of nitrogens with zero attached hydrogens (tertiary/aromatic N) is 2. The highest BCUT2D eigenvalue weighted by Gasteiger charge is 2.18. The maximum Gasteiger partial charge on any atom is 0.246 e. The molecule has 1 heterocycles. The van der Waals surface area contributed by atoms with Crippen molar-refractivity contribution < 1.29 is 18.1 Å². The molecule has 1 amide bonds. The number of nitrogens with two attached hydrogens (primary N) is 1. The first-order valence-electron chi connectivity index (χ1n) is 6.69. The molecule has 1 aromatic heterocycles. The van der Waals surface area contributed by atoms with Crippen LogP contribution in [0, 0.1) is 17.6 Å². The van der Waals surface area contributed by atoms with Gasteiger partial charge in [-0.25, -0.2) is 8.78 Å². The molecule has 0 saturated heterocycles. The Morgan fingerprint density at radius 2 is 2.09 bits per heavy atom. The molecule has 0 aliphatic carbocycles. The van der Waals surface area contributed by atoms with Crippen molar-refractivity contribution in [3.05, 3.63) is 35.7 Å². The van der Waals surface area contributed by atoms with Crippen LogP contribution < -0.4 is 11.1 Å². The molecular weight excluding hydrogens is 294 g/mol. The Morgan fingerprint density at radius 3 is 2.73 bits per heavy atom. The molecule has 0 bridgehead atoms. The first-order chi connectivity index (χ1) is 10.4. The molecule has 2 rings (SSSR count). The van der Waals surface area contributed by atoms with E-state index in [1.165, 1.54) is 6.07 Å². The van der Waals surface area contributed by atoms with E-state index in [9.17, 15) is 13.6 Å². The second-order valence-corrected chi connectivity index (χ2v) is 5.13. The van der Waals surface area contributed by atoms with Gasteiger partial charge in [0, 0.05) is 5.56 Å². The lowest BCUT2D eigenvalue weighted by molar-refractivity contribution is -0.123. The summed E-state index contributed by atoms with van der Waals surface area (Å²) in [6.07, 6.45) is 0. The van der Waals surface area contributed by atoms with Gasteiger partial charge >= 0.3 is 0 Å². The number of amides is 1. The summed E-state index contributed by atoms with van der Waals surface area (Å²) < 4.78 is 31.0. The van der Waals surface area contributed by atoms with Gasteiger partial charge in [0.05, 0.1) is 12.6 Å². The van der Waals surface area contributed by atoms with E-state index >= 15 is 0 Å². The summed E-state index contributed by atoms with van der Waals surface area (Å²) in [7, 11) is 0. The van der Waals surface area contributed by atoms with Crippen LogP contribution in [0.4, 0.5) is 8.78 Å². The smallest absolute Gasteiger partial charge is 0.246 e. The maximum atomic E-state index is 13.2. The predicted molar refractivity (Wildman–Crippen MR) is 74.3 cm³/mol. The summed E-state index contributed by atoms with van der Waals surface area (Å²) in [5.41, 5.74) is 5.97. The molecule has 0 fully saturated rings. The highest BCUT2D eigenvalue weighted by atomic mass is 19.2. The Bertz CT molecular complexity index is 673. The summed E-state index contributed by atoms with van der Waals surface area (Å²) in [5.74, 6) is -2.04. The number of carbonyl (C=O) groups is 1. The molecule has 0 aliphatic rings. The molecule has 1 aromatic carbocycles. The SMILES string of the molecule is CC(C)[C@H](N)C(=O)NCc1nc(-c2ccc(F)c(F)c2)no1. The molecular formula is C14H16F2N4O2. The van der Waals surface area contributed by atoms with Crippen molar-refractivity contribution in [2.75, 3.05) is 0 Å². The molecule has 0 saturated carbocycles. The van der Waals surface area contributed by atoms with Gasteiger partial charge in [0.2, 0.25) is 17.6 Å². The van der Waals surface area contributed by atoms with Gasteiger partial charge < -0.3 is 15.6 Å². The van der Waals surface area contributed by atoms with Crippen LogP contribution >= 0.6 is 0 Å². The summed E-state index contributed by atoms with van der Waals surface area (Å²) >= 11 is 0. The van der Waals surface area contributed by atoms with Crippen LogP contribution in [0.3, 0.4) is 0 Å². The maximum absolute atomic E-state index is 13.2. The van der Waals surface area contributed by atoms with E-state index in [1.807, 2.05) is 13.8 Å². The van der Waals surface area contributed by atoms with Crippen molar-refractivity contribution in [1.82, 2.24) is 15.5 Å². The zero-order valence-electron chi connectivity index (χ0n) is 12.1. The van der Waals surface area contributed by atoms with Crippen molar-refractivity contribution in [1.29, 1.82) is 0 Å². The number of rotatable bonds is 5. The lowest BCUT2D eigenvalue weighted by atomic mass is 10.1. The summed E-state index contributed by atoms with van der Waals surface area (Å²) in [6, 6.07) is 2.65. The lowest BCUT2D eigenvalue weighted by Gasteiger charge is -2.14. The topological polar surface area (TPSA) is 94.0 Å². The molecule has 0 aliphatic heterocycles. The predicted octanol–water partition coefficient (Wildman–Crippen LogP) is 1.61. The van der Waals surface area contributed by atoms with E-state index in [1.54, 1.807) is 0 Å². The average Bonchev–Trinajstić information content (AvgIpc) is 2.95. The Hall–Kier alpha value is -2.35. The number of hydrogen-bond acceptors (Lipinski definition) is 5. The first kappa shape index (κ1) is 16.0. The average molecular weight is 310 g/mol. The van der Waals surface area contributed by atoms with Crippen LogP contribution in [0.1, 0.15) is 19.7 Å². The first-order valence-corrected chi connectivity index (χ1v) is 6.69. The Labute approximate surface area is 125 Å². The summed E-state index contributed by atoms with van der Waals surface area (Å²) in [6.45, 7) is 3.67. The highest BCUT2D eigenvalue weighted by Crippen LogP contribution is 2.18. The number of nitrogens with one attached hydrogen (secondary N) is 1. The molecule has 0 spiro atoms. The normalized spacial score (nSPS) is 12.5. The Morgan fingerprint density at radius 1 is 1.36 bits per heavy atom. The molecule has 2 aromatic rings. The van der Waals surface area contributed by atoms with Crippen molar-refractivity contribution in [3.8, 4) is 11.4 Å². The Balaban J connectivity index is 2.02. The van der Waals surface area contributed by atoms with E-state index in [2.05, 4.69) is 15.5 Å². The second kappa shape index (κ2) is 6.61. The highest BCUT2D eigenvalue weighted by molar-refractivity contribution is 5.81. The zero-order valence-corrected chi connectivity index (χ0v) is 12.1. The van der Waals surface area contributed by atoms with Crippen molar-refractivity contribution in [2.24, 2.45) is 11.7 Å². The fourth-order valence-corrected chi connectivity index (χ4v) is 1.66. The van der Waals surface area contributed by atoms with Crippen molar-refractivity contribution >= 4 is 5.91 Å². The zero-order chi connectivity index (χ0) is 16.3.